The molecule has 0 saturated carbocycles. The highest BCUT2D eigenvalue weighted by atomic mass is 15.3. The van der Waals surface area contributed by atoms with Crippen LogP contribution in [-0.2, 0) is 7.05 Å². The van der Waals surface area contributed by atoms with E-state index in [-0.39, 0.29) is 0 Å². The Morgan fingerprint density at radius 3 is 2.86 bits per heavy atom. The maximum atomic E-state index is 5.73. The Bertz CT molecular complexity index is 434. The molecule has 2 aromatic heterocycles. The third kappa shape index (κ3) is 1.52. The highest BCUT2D eigenvalue weighted by Gasteiger charge is 2.01. The van der Waals surface area contributed by atoms with Gasteiger partial charge >= 0.3 is 0 Å². The maximum absolute atomic E-state index is 5.73. The number of aryl methyl sites for hydroxylation is 1. The lowest BCUT2D eigenvalue weighted by Crippen LogP contribution is -2.01. The Balaban J connectivity index is 2.28. The monoisotopic (exact) mass is 189 g/mol. The van der Waals surface area contributed by atoms with Crippen LogP contribution >= 0.6 is 0 Å². The van der Waals surface area contributed by atoms with Gasteiger partial charge in [-0.05, 0) is 6.07 Å². The van der Waals surface area contributed by atoms with E-state index in [0.717, 1.165) is 11.5 Å². The smallest absolute Gasteiger partial charge is 0.128 e. The molecule has 0 unspecified atom stereocenters. The Labute approximate surface area is 81.6 Å². The van der Waals surface area contributed by atoms with Crippen molar-refractivity contribution >= 4 is 17.2 Å². The van der Waals surface area contributed by atoms with Crippen LogP contribution in [-0.4, -0.2) is 14.8 Å². The van der Waals surface area contributed by atoms with E-state index in [0.29, 0.717) is 5.69 Å². The molecule has 0 amide bonds. The average Bonchev–Trinajstić information content (AvgIpc) is 2.56. The molecule has 0 aliphatic carbocycles. The predicted molar refractivity (Wildman–Crippen MR) is 55.1 cm³/mol. The summed E-state index contributed by atoms with van der Waals surface area (Å²) in [6.45, 7) is 0. The summed E-state index contributed by atoms with van der Waals surface area (Å²) in [5, 5.41) is 7.20. The summed E-state index contributed by atoms with van der Waals surface area (Å²) in [5.41, 5.74) is 7.19. The number of rotatable bonds is 2. The van der Waals surface area contributed by atoms with Crippen molar-refractivity contribution in [2.45, 2.75) is 0 Å². The number of nitrogens with one attached hydrogen (secondary N) is 1. The van der Waals surface area contributed by atoms with Gasteiger partial charge in [0.05, 0.1) is 23.8 Å². The van der Waals surface area contributed by atoms with Gasteiger partial charge in [-0.1, -0.05) is 0 Å². The summed E-state index contributed by atoms with van der Waals surface area (Å²) in [4.78, 5) is 3.91. The van der Waals surface area contributed by atoms with Crippen molar-refractivity contribution in [2.24, 2.45) is 7.05 Å². The fraction of sp³-hybridized carbons (Fsp3) is 0.111. The number of anilines is 3. The lowest BCUT2D eigenvalue weighted by Gasteiger charge is -2.07. The van der Waals surface area contributed by atoms with Gasteiger partial charge in [0.15, 0.2) is 0 Å². The minimum atomic E-state index is 0.619. The van der Waals surface area contributed by atoms with Crippen LogP contribution in [0.3, 0.4) is 0 Å². The van der Waals surface area contributed by atoms with Gasteiger partial charge in [-0.2, -0.15) is 5.10 Å². The molecule has 0 bridgehead atoms. The van der Waals surface area contributed by atoms with Gasteiger partial charge in [-0.15, -0.1) is 0 Å². The van der Waals surface area contributed by atoms with Crippen molar-refractivity contribution in [1.82, 2.24) is 14.8 Å². The SMILES string of the molecule is Cn1nccc1Nc1ccncc1N. The Morgan fingerprint density at radius 1 is 1.36 bits per heavy atom. The summed E-state index contributed by atoms with van der Waals surface area (Å²) >= 11 is 0. The number of aromatic nitrogens is 3. The number of hydrogen-bond acceptors (Lipinski definition) is 4. The van der Waals surface area contributed by atoms with Crippen molar-refractivity contribution in [3.05, 3.63) is 30.7 Å². The molecule has 72 valence electrons. The van der Waals surface area contributed by atoms with E-state index in [1.54, 1.807) is 23.3 Å². The molecule has 2 rings (SSSR count). The molecule has 0 atom stereocenters. The average molecular weight is 189 g/mol. The number of nitrogens with zero attached hydrogens (tertiary/aromatic N) is 3. The minimum absolute atomic E-state index is 0.619. The highest BCUT2D eigenvalue weighted by Crippen LogP contribution is 2.20. The molecule has 5 nitrogen and oxygen atoms in total. The lowest BCUT2D eigenvalue weighted by atomic mass is 10.3. The fourth-order valence-electron chi connectivity index (χ4n) is 1.16. The van der Waals surface area contributed by atoms with Crippen LogP contribution in [0.1, 0.15) is 0 Å². The molecule has 0 spiro atoms. The second-order valence-electron chi connectivity index (χ2n) is 2.93. The van der Waals surface area contributed by atoms with Gasteiger partial charge in [-0.25, -0.2) is 0 Å². The molecule has 0 aromatic carbocycles. The molecule has 5 heteroatoms. The third-order valence-corrected chi connectivity index (χ3v) is 1.94. The quantitative estimate of drug-likeness (QED) is 0.743. The van der Waals surface area contributed by atoms with E-state index in [4.69, 9.17) is 5.73 Å². The number of pyridine rings is 1. The van der Waals surface area contributed by atoms with Crippen LogP contribution in [0.15, 0.2) is 30.7 Å². The molecule has 0 radical (unpaired) electrons. The maximum Gasteiger partial charge on any atom is 0.128 e. The van der Waals surface area contributed by atoms with E-state index in [1.807, 2.05) is 19.2 Å². The molecule has 0 saturated heterocycles. The van der Waals surface area contributed by atoms with Crippen LogP contribution in [0.25, 0.3) is 0 Å². The normalized spacial score (nSPS) is 10.1. The number of nitrogens with two attached hydrogens (primary N) is 1. The first kappa shape index (κ1) is 8.55. The Kier molecular flexibility index (Phi) is 2.06. The van der Waals surface area contributed by atoms with Gasteiger partial charge in [0.25, 0.3) is 0 Å². The van der Waals surface area contributed by atoms with Crippen LogP contribution in [0.5, 0.6) is 0 Å². The third-order valence-electron chi connectivity index (χ3n) is 1.94. The molecule has 0 fully saturated rings. The minimum Gasteiger partial charge on any atom is -0.396 e. The summed E-state index contributed by atoms with van der Waals surface area (Å²) in [6, 6.07) is 3.70. The van der Waals surface area contributed by atoms with E-state index >= 15 is 0 Å². The van der Waals surface area contributed by atoms with Gasteiger partial charge in [0.1, 0.15) is 5.82 Å². The molecule has 14 heavy (non-hydrogen) atoms. The van der Waals surface area contributed by atoms with Crippen molar-refractivity contribution in [3.63, 3.8) is 0 Å². The first-order valence-corrected chi connectivity index (χ1v) is 4.22. The van der Waals surface area contributed by atoms with Crippen LogP contribution in [0.4, 0.5) is 17.2 Å². The fourth-order valence-corrected chi connectivity index (χ4v) is 1.16. The first-order chi connectivity index (χ1) is 6.77. The topological polar surface area (TPSA) is 68.8 Å². The van der Waals surface area contributed by atoms with Crippen molar-refractivity contribution in [1.29, 1.82) is 0 Å². The van der Waals surface area contributed by atoms with E-state index in [2.05, 4.69) is 15.4 Å². The number of nitrogen functional groups attached to an aromatic ring is 1. The van der Waals surface area contributed by atoms with Gasteiger partial charge < -0.3 is 11.1 Å². The van der Waals surface area contributed by atoms with Gasteiger partial charge in [0, 0.05) is 19.3 Å². The zero-order valence-corrected chi connectivity index (χ0v) is 7.81. The highest BCUT2D eigenvalue weighted by molar-refractivity contribution is 5.69. The van der Waals surface area contributed by atoms with Crippen LogP contribution < -0.4 is 11.1 Å². The Morgan fingerprint density at radius 2 is 2.21 bits per heavy atom. The van der Waals surface area contributed by atoms with E-state index < -0.39 is 0 Å². The van der Waals surface area contributed by atoms with Crippen molar-refractivity contribution in [2.75, 3.05) is 11.1 Å². The van der Waals surface area contributed by atoms with Crippen molar-refractivity contribution < 1.29 is 0 Å². The van der Waals surface area contributed by atoms with Crippen LogP contribution in [0, 0.1) is 0 Å². The van der Waals surface area contributed by atoms with Crippen LogP contribution in [0.2, 0.25) is 0 Å². The molecule has 0 aliphatic heterocycles. The van der Waals surface area contributed by atoms with Crippen molar-refractivity contribution in [3.8, 4) is 0 Å². The first-order valence-electron chi connectivity index (χ1n) is 4.22. The zero-order valence-electron chi connectivity index (χ0n) is 7.81. The molecular weight excluding hydrogens is 178 g/mol. The second kappa shape index (κ2) is 3.37. The van der Waals surface area contributed by atoms with E-state index in [1.165, 1.54) is 0 Å². The summed E-state index contributed by atoms with van der Waals surface area (Å²) < 4.78 is 1.74. The largest absolute Gasteiger partial charge is 0.396 e. The molecular formula is C9H11N5. The molecule has 3 N–H and O–H groups in total. The summed E-state index contributed by atoms with van der Waals surface area (Å²) in [5.74, 6) is 0.892. The molecule has 2 heterocycles. The van der Waals surface area contributed by atoms with Gasteiger partial charge in [-0.3, -0.25) is 9.67 Å². The standard InChI is InChI=1S/C9H11N5/c1-14-9(3-5-12-14)13-8-2-4-11-6-7(8)10/h2-6H,10H2,1H3,(H,11,13). The van der Waals surface area contributed by atoms with Gasteiger partial charge in [0.2, 0.25) is 0 Å². The number of hydrogen-bond donors (Lipinski definition) is 2. The predicted octanol–water partition coefficient (Wildman–Crippen LogP) is 1.14. The summed E-state index contributed by atoms with van der Waals surface area (Å²) in [6.07, 6.45) is 5.02. The second-order valence-corrected chi connectivity index (χ2v) is 2.93. The molecule has 2 aromatic rings. The van der Waals surface area contributed by atoms with E-state index in [9.17, 15) is 0 Å². The zero-order chi connectivity index (χ0) is 9.97. The molecule has 0 aliphatic rings. The Hall–Kier alpha value is -2.04. The summed E-state index contributed by atoms with van der Waals surface area (Å²) in [7, 11) is 1.86. The lowest BCUT2D eigenvalue weighted by molar-refractivity contribution is 0.777.